The molecule has 0 saturated carbocycles. The van der Waals surface area contributed by atoms with Crippen molar-refractivity contribution in [3.8, 4) is 0 Å². The zero-order valence-electron chi connectivity index (χ0n) is 9.75. The summed E-state index contributed by atoms with van der Waals surface area (Å²) in [5.41, 5.74) is 0.967. The Balaban J connectivity index is 2.46. The van der Waals surface area contributed by atoms with Gasteiger partial charge < -0.3 is 10.1 Å². The van der Waals surface area contributed by atoms with Gasteiger partial charge in [-0.1, -0.05) is 13.0 Å². The highest BCUT2D eigenvalue weighted by molar-refractivity contribution is 7.99. The molecule has 0 radical (unpaired) electrons. The molecular formula is C12H18FNOS. The second-order valence-corrected chi connectivity index (χ2v) is 4.67. The van der Waals surface area contributed by atoms with E-state index in [1.807, 2.05) is 19.1 Å². The van der Waals surface area contributed by atoms with Gasteiger partial charge in [0.05, 0.1) is 6.61 Å². The van der Waals surface area contributed by atoms with E-state index in [0.29, 0.717) is 13.2 Å². The Labute approximate surface area is 101 Å². The number of nitrogens with one attached hydrogen (secondary N) is 1. The third-order valence-corrected chi connectivity index (χ3v) is 3.04. The average Bonchev–Trinajstić information content (AvgIpc) is 2.28. The predicted molar refractivity (Wildman–Crippen MR) is 66.4 cm³/mol. The van der Waals surface area contributed by atoms with Gasteiger partial charge in [0.15, 0.2) is 0 Å². The highest BCUT2D eigenvalue weighted by atomic mass is 32.2. The van der Waals surface area contributed by atoms with Crippen molar-refractivity contribution in [3.63, 3.8) is 0 Å². The van der Waals surface area contributed by atoms with Crippen molar-refractivity contribution in [2.45, 2.75) is 18.4 Å². The maximum Gasteiger partial charge on any atom is 0.137 e. The Hall–Kier alpha value is -0.580. The first-order valence-electron chi connectivity index (χ1n) is 5.38. The first-order valence-corrected chi connectivity index (χ1v) is 6.37. The fourth-order valence-electron chi connectivity index (χ4n) is 1.33. The van der Waals surface area contributed by atoms with Crippen LogP contribution in [0.25, 0.3) is 0 Å². The van der Waals surface area contributed by atoms with E-state index in [4.69, 9.17) is 4.74 Å². The van der Waals surface area contributed by atoms with Crippen LogP contribution in [0, 0.1) is 5.82 Å². The lowest BCUT2D eigenvalue weighted by Crippen LogP contribution is -2.18. The summed E-state index contributed by atoms with van der Waals surface area (Å²) in [5.74, 6) is 0.764. The van der Waals surface area contributed by atoms with Crippen LogP contribution in [0.5, 0.6) is 0 Å². The average molecular weight is 243 g/mol. The maximum absolute atomic E-state index is 13.5. The summed E-state index contributed by atoms with van der Waals surface area (Å²) in [7, 11) is 1.66. The van der Waals surface area contributed by atoms with Gasteiger partial charge in [-0.15, -0.1) is 11.8 Å². The minimum Gasteiger partial charge on any atom is -0.383 e. The Bertz CT molecular complexity index is 320. The molecule has 0 heterocycles. The lowest BCUT2D eigenvalue weighted by Gasteiger charge is -2.06. The summed E-state index contributed by atoms with van der Waals surface area (Å²) in [5, 5.41) is 3.18. The van der Waals surface area contributed by atoms with Gasteiger partial charge in [-0.2, -0.15) is 0 Å². The van der Waals surface area contributed by atoms with Crippen LogP contribution in [0.15, 0.2) is 23.1 Å². The predicted octanol–water partition coefficient (Wildman–Crippen LogP) is 2.67. The van der Waals surface area contributed by atoms with Gasteiger partial charge in [0.2, 0.25) is 0 Å². The Morgan fingerprint density at radius 1 is 1.44 bits per heavy atom. The number of methoxy groups -OCH3 is 1. The fourth-order valence-corrected chi connectivity index (χ4v) is 2.01. The van der Waals surface area contributed by atoms with Gasteiger partial charge in [-0.25, -0.2) is 4.39 Å². The second kappa shape index (κ2) is 7.65. The van der Waals surface area contributed by atoms with Crippen LogP contribution in [0.1, 0.15) is 12.5 Å². The van der Waals surface area contributed by atoms with Crippen molar-refractivity contribution >= 4 is 11.8 Å². The zero-order valence-corrected chi connectivity index (χ0v) is 10.6. The van der Waals surface area contributed by atoms with E-state index >= 15 is 0 Å². The van der Waals surface area contributed by atoms with Crippen LogP contribution in [-0.2, 0) is 11.3 Å². The SMILES string of the molecule is CCSc1ccc(CNCCOC)cc1F. The molecule has 16 heavy (non-hydrogen) atoms. The summed E-state index contributed by atoms with van der Waals surface area (Å²) in [6, 6.07) is 5.40. The molecule has 0 atom stereocenters. The zero-order chi connectivity index (χ0) is 11.8. The standard InChI is InChI=1S/C12H18FNOS/c1-3-16-12-5-4-10(8-11(12)13)9-14-6-7-15-2/h4-5,8,14H,3,6-7,9H2,1-2H3. The normalized spacial score (nSPS) is 10.7. The number of hydrogen-bond donors (Lipinski definition) is 1. The quantitative estimate of drug-likeness (QED) is 0.587. The number of thioether (sulfide) groups is 1. The van der Waals surface area contributed by atoms with E-state index in [2.05, 4.69) is 5.32 Å². The van der Waals surface area contributed by atoms with Crippen LogP contribution in [-0.4, -0.2) is 26.0 Å². The molecule has 0 fully saturated rings. The second-order valence-electron chi connectivity index (χ2n) is 3.37. The summed E-state index contributed by atoms with van der Waals surface area (Å²) >= 11 is 1.53. The maximum atomic E-state index is 13.5. The molecule has 0 bridgehead atoms. The molecule has 0 amide bonds. The van der Waals surface area contributed by atoms with Crippen molar-refractivity contribution in [2.75, 3.05) is 26.0 Å². The first kappa shape index (κ1) is 13.5. The van der Waals surface area contributed by atoms with Crippen molar-refractivity contribution in [1.82, 2.24) is 5.32 Å². The smallest absolute Gasteiger partial charge is 0.137 e. The van der Waals surface area contributed by atoms with Crippen molar-refractivity contribution in [1.29, 1.82) is 0 Å². The molecule has 1 aromatic rings. The van der Waals surface area contributed by atoms with Gasteiger partial charge in [0, 0.05) is 25.1 Å². The summed E-state index contributed by atoms with van der Waals surface area (Å²) in [6.45, 7) is 4.15. The molecule has 1 N–H and O–H groups in total. The topological polar surface area (TPSA) is 21.3 Å². The van der Waals surface area contributed by atoms with Crippen LogP contribution >= 0.6 is 11.8 Å². The molecule has 0 aromatic heterocycles. The molecule has 0 aliphatic rings. The summed E-state index contributed by atoms with van der Waals surface area (Å²) in [4.78, 5) is 0.725. The number of rotatable bonds is 7. The van der Waals surface area contributed by atoms with Gasteiger partial charge in [0.25, 0.3) is 0 Å². The molecule has 0 aliphatic heterocycles. The van der Waals surface area contributed by atoms with Crippen molar-refractivity contribution < 1.29 is 9.13 Å². The van der Waals surface area contributed by atoms with E-state index in [0.717, 1.165) is 22.8 Å². The minimum absolute atomic E-state index is 0.127. The third kappa shape index (κ3) is 4.51. The van der Waals surface area contributed by atoms with Crippen molar-refractivity contribution in [2.24, 2.45) is 0 Å². The van der Waals surface area contributed by atoms with Crippen LogP contribution in [0.4, 0.5) is 4.39 Å². The molecule has 2 nitrogen and oxygen atoms in total. The molecule has 0 unspecified atom stereocenters. The first-order chi connectivity index (χ1) is 7.77. The molecule has 0 aliphatic carbocycles. The van der Waals surface area contributed by atoms with E-state index in [1.165, 1.54) is 11.8 Å². The van der Waals surface area contributed by atoms with E-state index in [1.54, 1.807) is 13.2 Å². The van der Waals surface area contributed by atoms with Gasteiger partial charge in [-0.05, 0) is 23.4 Å². The number of halogens is 1. The third-order valence-electron chi connectivity index (χ3n) is 2.11. The van der Waals surface area contributed by atoms with Gasteiger partial charge in [0.1, 0.15) is 5.82 Å². The number of hydrogen-bond acceptors (Lipinski definition) is 3. The highest BCUT2D eigenvalue weighted by Gasteiger charge is 2.02. The molecule has 0 spiro atoms. The van der Waals surface area contributed by atoms with E-state index in [9.17, 15) is 4.39 Å². The molecule has 90 valence electrons. The lowest BCUT2D eigenvalue weighted by molar-refractivity contribution is 0.199. The monoisotopic (exact) mass is 243 g/mol. The Morgan fingerprint density at radius 2 is 2.25 bits per heavy atom. The molecule has 1 rings (SSSR count). The van der Waals surface area contributed by atoms with Crippen LogP contribution in [0.2, 0.25) is 0 Å². The molecule has 4 heteroatoms. The number of benzene rings is 1. The van der Waals surface area contributed by atoms with E-state index < -0.39 is 0 Å². The van der Waals surface area contributed by atoms with Crippen LogP contribution in [0.3, 0.4) is 0 Å². The molecular weight excluding hydrogens is 225 g/mol. The summed E-state index contributed by atoms with van der Waals surface area (Å²) in [6.07, 6.45) is 0. The summed E-state index contributed by atoms with van der Waals surface area (Å²) < 4.78 is 18.5. The largest absolute Gasteiger partial charge is 0.383 e. The van der Waals surface area contributed by atoms with Crippen molar-refractivity contribution in [3.05, 3.63) is 29.6 Å². The lowest BCUT2D eigenvalue weighted by atomic mass is 10.2. The minimum atomic E-state index is -0.127. The molecule has 1 aromatic carbocycles. The van der Waals surface area contributed by atoms with E-state index in [-0.39, 0.29) is 5.82 Å². The highest BCUT2D eigenvalue weighted by Crippen LogP contribution is 2.22. The van der Waals surface area contributed by atoms with Gasteiger partial charge >= 0.3 is 0 Å². The van der Waals surface area contributed by atoms with Crippen LogP contribution < -0.4 is 5.32 Å². The molecule has 0 saturated heterocycles. The Kier molecular flexibility index (Phi) is 6.45. The fraction of sp³-hybridized carbons (Fsp3) is 0.500. The Morgan fingerprint density at radius 3 is 2.88 bits per heavy atom. The van der Waals surface area contributed by atoms with Gasteiger partial charge in [-0.3, -0.25) is 0 Å². The number of ether oxygens (including phenoxy) is 1.